The Bertz CT molecular complexity index is 1260. The Morgan fingerprint density at radius 3 is 2.47 bits per heavy atom. The van der Waals surface area contributed by atoms with Crippen molar-refractivity contribution < 1.29 is 37.3 Å². The molecule has 202 valence electrons. The fraction of sp³-hybridized carbons (Fsp3) is 0.346. The van der Waals surface area contributed by atoms with Gasteiger partial charge in [-0.3, -0.25) is 4.79 Å². The normalized spacial score (nSPS) is 17.2. The molecule has 2 N–H and O–H groups in total. The summed E-state index contributed by atoms with van der Waals surface area (Å²) in [5.74, 6) is -0.567. The number of hydrogen-bond acceptors (Lipinski definition) is 8. The predicted octanol–water partition coefficient (Wildman–Crippen LogP) is 4.35. The van der Waals surface area contributed by atoms with Crippen molar-refractivity contribution in [2.24, 2.45) is 5.92 Å². The Kier molecular flexibility index (Phi) is 8.08. The topological polar surface area (TPSA) is 106 Å². The zero-order valence-corrected chi connectivity index (χ0v) is 20.7. The summed E-state index contributed by atoms with van der Waals surface area (Å²) in [5.41, 5.74) is 1.62. The fourth-order valence-corrected chi connectivity index (χ4v) is 4.48. The molecule has 1 aromatic heterocycles. The zero-order chi connectivity index (χ0) is 27.3. The van der Waals surface area contributed by atoms with Gasteiger partial charge in [0.05, 0.1) is 20.1 Å². The van der Waals surface area contributed by atoms with E-state index in [0.717, 1.165) is 11.1 Å². The van der Waals surface area contributed by atoms with Crippen molar-refractivity contribution in [3.05, 3.63) is 65.7 Å². The highest BCUT2D eigenvalue weighted by molar-refractivity contribution is 5.74. The van der Waals surface area contributed by atoms with Gasteiger partial charge < -0.3 is 29.5 Å². The quantitative estimate of drug-likeness (QED) is 0.394. The maximum absolute atomic E-state index is 12.3. The summed E-state index contributed by atoms with van der Waals surface area (Å²) in [4.78, 5) is 22.7. The highest BCUT2D eigenvalue weighted by Gasteiger charge is 2.40. The molecule has 0 spiro atoms. The number of carboxylic acids is 1. The summed E-state index contributed by atoms with van der Waals surface area (Å²) >= 11 is 0. The van der Waals surface area contributed by atoms with Crippen LogP contribution in [-0.4, -0.2) is 61.3 Å². The van der Waals surface area contributed by atoms with Crippen molar-refractivity contribution in [3.8, 4) is 17.5 Å². The summed E-state index contributed by atoms with van der Waals surface area (Å²) in [7, 11) is 2.99. The first-order chi connectivity index (χ1) is 18.2. The molecule has 0 radical (unpaired) electrons. The van der Waals surface area contributed by atoms with Crippen molar-refractivity contribution in [1.29, 1.82) is 0 Å². The molecule has 4 rings (SSSR count). The molecule has 1 aliphatic heterocycles. The molecule has 1 aliphatic rings. The lowest BCUT2D eigenvalue weighted by atomic mass is 9.88. The van der Waals surface area contributed by atoms with E-state index in [1.807, 2.05) is 29.2 Å². The first-order valence-electron chi connectivity index (χ1n) is 11.8. The molecule has 2 heterocycles. The molecule has 38 heavy (non-hydrogen) atoms. The molecule has 0 bridgehead atoms. The van der Waals surface area contributed by atoms with Crippen molar-refractivity contribution in [1.82, 2.24) is 9.97 Å². The van der Waals surface area contributed by atoms with Crippen LogP contribution in [0.2, 0.25) is 0 Å². The number of ether oxygens (including phenoxy) is 3. The maximum atomic E-state index is 12.3. The number of anilines is 2. The number of aromatic nitrogens is 2. The Hall–Kier alpha value is -4.22. The fourth-order valence-electron chi connectivity index (χ4n) is 4.48. The number of nitrogens with one attached hydrogen (secondary N) is 1. The average Bonchev–Trinajstić information content (AvgIpc) is 3.34. The monoisotopic (exact) mass is 532 g/mol. The molecule has 12 heteroatoms. The van der Waals surface area contributed by atoms with Crippen molar-refractivity contribution in [2.75, 3.05) is 44.1 Å². The van der Waals surface area contributed by atoms with E-state index in [1.54, 1.807) is 25.3 Å². The highest BCUT2D eigenvalue weighted by Crippen LogP contribution is 2.39. The van der Waals surface area contributed by atoms with Crippen LogP contribution < -0.4 is 24.4 Å². The van der Waals surface area contributed by atoms with Gasteiger partial charge in [0.1, 0.15) is 23.1 Å². The van der Waals surface area contributed by atoms with Gasteiger partial charge in [0.2, 0.25) is 0 Å². The van der Waals surface area contributed by atoms with Crippen LogP contribution in [0.25, 0.3) is 0 Å². The first-order valence-corrected chi connectivity index (χ1v) is 11.8. The van der Waals surface area contributed by atoms with E-state index in [1.165, 1.54) is 19.2 Å². The third-order valence-electron chi connectivity index (χ3n) is 6.25. The van der Waals surface area contributed by atoms with Crippen LogP contribution in [0.5, 0.6) is 17.5 Å². The Morgan fingerprint density at radius 2 is 1.82 bits per heavy atom. The van der Waals surface area contributed by atoms with Crippen LogP contribution >= 0.6 is 0 Å². The van der Waals surface area contributed by atoms with Gasteiger partial charge in [0.15, 0.2) is 0 Å². The van der Waals surface area contributed by atoms with Crippen LogP contribution in [0, 0.1) is 5.92 Å². The summed E-state index contributed by atoms with van der Waals surface area (Å²) in [5, 5.41) is 13.1. The van der Waals surface area contributed by atoms with Crippen molar-refractivity contribution >= 4 is 17.6 Å². The number of carbonyl (C=O) groups is 1. The lowest BCUT2D eigenvalue weighted by Crippen LogP contribution is -2.24. The molecule has 1 saturated heterocycles. The summed E-state index contributed by atoms with van der Waals surface area (Å²) in [6.07, 6.45) is -4.23. The van der Waals surface area contributed by atoms with Gasteiger partial charge in [-0.25, -0.2) is 0 Å². The molecular formula is C26H27F3N4O5. The third kappa shape index (κ3) is 6.55. The summed E-state index contributed by atoms with van der Waals surface area (Å²) < 4.78 is 51.7. The second kappa shape index (κ2) is 11.4. The number of benzene rings is 2. The largest absolute Gasteiger partial charge is 0.573 e. The van der Waals surface area contributed by atoms with E-state index in [9.17, 15) is 23.1 Å². The minimum absolute atomic E-state index is 0.117. The van der Waals surface area contributed by atoms with Crippen molar-refractivity contribution in [3.63, 3.8) is 0 Å². The third-order valence-corrected chi connectivity index (χ3v) is 6.25. The number of methoxy groups -OCH3 is 2. The van der Waals surface area contributed by atoms with E-state index in [0.29, 0.717) is 36.9 Å². The van der Waals surface area contributed by atoms with E-state index in [4.69, 9.17) is 9.47 Å². The van der Waals surface area contributed by atoms with Gasteiger partial charge in [-0.2, -0.15) is 9.97 Å². The van der Waals surface area contributed by atoms with Gasteiger partial charge >= 0.3 is 18.3 Å². The Labute approximate surface area is 217 Å². The molecule has 1 fully saturated rings. The van der Waals surface area contributed by atoms with Crippen LogP contribution in [0.15, 0.2) is 54.6 Å². The van der Waals surface area contributed by atoms with Crippen LogP contribution in [0.3, 0.4) is 0 Å². The molecule has 0 amide bonds. The van der Waals surface area contributed by atoms with Gasteiger partial charge in [-0.05, 0) is 35.7 Å². The predicted molar refractivity (Wildman–Crippen MR) is 133 cm³/mol. The summed E-state index contributed by atoms with van der Waals surface area (Å²) in [6.45, 7) is 1.08. The van der Waals surface area contributed by atoms with Gasteiger partial charge in [0.25, 0.3) is 0 Å². The number of alkyl halides is 3. The minimum atomic E-state index is -4.74. The average molecular weight is 533 g/mol. The Balaban J connectivity index is 1.46. The molecule has 3 aromatic rings. The van der Waals surface area contributed by atoms with E-state index in [-0.39, 0.29) is 24.2 Å². The van der Waals surface area contributed by atoms with E-state index >= 15 is 0 Å². The van der Waals surface area contributed by atoms with Crippen LogP contribution in [-0.2, 0) is 11.2 Å². The number of halogens is 3. The Morgan fingerprint density at radius 1 is 1.08 bits per heavy atom. The molecule has 2 atom stereocenters. The zero-order valence-electron chi connectivity index (χ0n) is 20.7. The first kappa shape index (κ1) is 26.8. The standard InChI is InChI=1S/C26H27F3N4O5/c1-36-21-6-4-3-5-18(21)19-14-33(15-20(19)24(34)35)23-13-22(31-25(32-23)37-2)30-12-11-16-7-9-17(10-8-16)38-26(27,28)29/h3-10,13,19-20H,11-12,14-15H2,1-2H3,(H,34,35)(H,30,31,32). The van der Waals surface area contributed by atoms with Crippen LogP contribution in [0.4, 0.5) is 24.8 Å². The van der Waals surface area contributed by atoms with Crippen molar-refractivity contribution in [2.45, 2.75) is 18.7 Å². The number of hydrogen-bond donors (Lipinski definition) is 2. The highest BCUT2D eigenvalue weighted by atomic mass is 19.4. The number of para-hydroxylation sites is 1. The SMILES string of the molecule is COc1nc(NCCc2ccc(OC(F)(F)F)cc2)cc(N2CC(C(=O)O)C(c3ccccc3OC)C2)n1. The number of rotatable bonds is 10. The smallest absolute Gasteiger partial charge is 0.496 e. The van der Waals surface area contributed by atoms with E-state index < -0.39 is 18.2 Å². The summed E-state index contributed by atoms with van der Waals surface area (Å²) in [6, 6.07) is 14.8. The lowest BCUT2D eigenvalue weighted by molar-refractivity contribution is -0.274. The number of carboxylic acid groups (broad SMARTS) is 1. The molecule has 9 nitrogen and oxygen atoms in total. The number of aliphatic carboxylic acids is 1. The van der Waals surface area contributed by atoms with Gasteiger partial charge in [0, 0.05) is 31.6 Å². The maximum Gasteiger partial charge on any atom is 0.573 e. The molecule has 2 aromatic carbocycles. The second-order valence-electron chi connectivity index (χ2n) is 8.66. The molecule has 2 unspecified atom stereocenters. The van der Waals surface area contributed by atoms with E-state index in [2.05, 4.69) is 20.0 Å². The minimum Gasteiger partial charge on any atom is -0.496 e. The lowest BCUT2D eigenvalue weighted by Gasteiger charge is -2.20. The molecule has 0 aliphatic carbocycles. The van der Waals surface area contributed by atoms with Gasteiger partial charge in [-0.15, -0.1) is 13.2 Å². The second-order valence-corrected chi connectivity index (χ2v) is 8.66. The molecular weight excluding hydrogens is 505 g/mol. The van der Waals surface area contributed by atoms with Crippen LogP contribution in [0.1, 0.15) is 17.0 Å². The molecule has 0 saturated carbocycles. The number of nitrogens with zero attached hydrogens (tertiary/aromatic N) is 3. The van der Waals surface area contributed by atoms with Gasteiger partial charge in [-0.1, -0.05) is 30.3 Å².